The topological polar surface area (TPSA) is 63.7 Å². The molecule has 0 bridgehead atoms. The zero-order valence-corrected chi connectivity index (χ0v) is 13.8. The van der Waals surface area contributed by atoms with Crippen LogP contribution in [0.3, 0.4) is 0 Å². The summed E-state index contributed by atoms with van der Waals surface area (Å²) in [6.45, 7) is 6.93. The van der Waals surface area contributed by atoms with Gasteiger partial charge in [0.2, 0.25) is 10.0 Å². The largest absolute Gasteiger partial charge is 0.469 e. The lowest BCUT2D eigenvalue weighted by Gasteiger charge is -2.28. The van der Waals surface area contributed by atoms with Crippen LogP contribution in [-0.2, 0) is 19.6 Å². The van der Waals surface area contributed by atoms with Gasteiger partial charge in [-0.25, -0.2) is 12.7 Å². The summed E-state index contributed by atoms with van der Waals surface area (Å²) < 4.78 is 31.8. The quantitative estimate of drug-likeness (QED) is 0.675. The molecule has 0 heterocycles. The number of hydrogen-bond acceptors (Lipinski definition) is 4. The fraction of sp³-hybridized carbons (Fsp3) is 0.929. The van der Waals surface area contributed by atoms with Crippen LogP contribution in [0.25, 0.3) is 0 Å². The van der Waals surface area contributed by atoms with Gasteiger partial charge in [-0.15, -0.1) is 0 Å². The molecule has 0 spiro atoms. The normalized spacial score (nSPS) is 24.9. The van der Waals surface area contributed by atoms with Crippen molar-refractivity contribution in [2.45, 2.75) is 51.7 Å². The molecule has 20 heavy (non-hydrogen) atoms. The number of carbonyl (C=O) groups excluding carboxylic acids is 1. The fourth-order valence-corrected chi connectivity index (χ4v) is 5.12. The number of ether oxygens (including phenoxy) is 1. The highest BCUT2D eigenvalue weighted by atomic mass is 32.2. The molecule has 0 aromatic carbocycles. The van der Waals surface area contributed by atoms with Crippen molar-refractivity contribution in [2.75, 3.05) is 20.2 Å². The number of sulfonamides is 1. The molecular formula is C14H27NO4S. The monoisotopic (exact) mass is 305 g/mol. The molecule has 0 aromatic rings. The molecule has 6 heteroatoms. The third kappa shape index (κ3) is 3.73. The first-order valence-electron chi connectivity index (χ1n) is 7.45. The van der Waals surface area contributed by atoms with E-state index in [1.807, 2.05) is 13.8 Å². The Balaban J connectivity index is 2.92. The van der Waals surface area contributed by atoms with Gasteiger partial charge in [0.1, 0.15) is 0 Å². The molecule has 5 nitrogen and oxygen atoms in total. The van der Waals surface area contributed by atoms with Gasteiger partial charge in [0.15, 0.2) is 0 Å². The molecule has 0 radical (unpaired) electrons. The summed E-state index contributed by atoms with van der Waals surface area (Å²) in [5, 5.41) is -0.612. The van der Waals surface area contributed by atoms with Gasteiger partial charge in [0.05, 0.1) is 18.3 Å². The van der Waals surface area contributed by atoms with E-state index in [1.165, 1.54) is 11.4 Å². The average Bonchev–Trinajstić information content (AvgIpc) is 2.93. The van der Waals surface area contributed by atoms with E-state index in [2.05, 4.69) is 6.92 Å². The molecule has 1 saturated carbocycles. The molecule has 1 aliphatic carbocycles. The molecule has 1 aliphatic rings. The molecule has 3 unspecified atom stereocenters. The number of nitrogens with zero attached hydrogens (tertiary/aromatic N) is 1. The molecule has 0 aliphatic heterocycles. The maximum atomic E-state index is 12.8. The van der Waals surface area contributed by atoms with Gasteiger partial charge in [-0.1, -0.05) is 33.6 Å². The van der Waals surface area contributed by atoms with E-state index in [4.69, 9.17) is 4.74 Å². The molecule has 0 amide bonds. The van der Waals surface area contributed by atoms with Gasteiger partial charge < -0.3 is 4.74 Å². The third-order valence-electron chi connectivity index (χ3n) is 4.26. The van der Waals surface area contributed by atoms with Crippen LogP contribution in [0.2, 0.25) is 0 Å². The van der Waals surface area contributed by atoms with Crippen LogP contribution in [0.1, 0.15) is 46.5 Å². The van der Waals surface area contributed by atoms with Crippen molar-refractivity contribution in [1.29, 1.82) is 0 Å². The van der Waals surface area contributed by atoms with Crippen LogP contribution in [-0.4, -0.2) is 44.1 Å². The van der Waals surface area contributed by atoms with Gasteiger partial charge >= 0.3 is 5.97 Å². The second kappa shape index (κ2) is 7.41. The number of esters is 1. The maximum Gasteiger partial charge on any atom is 0.310 e. The second-order valence-corrected chi connectivity index (χ2v) is 7.76. The van der Waals surface area contributed by atoms with E-state index in [9.17, 15) is 13.2 Å². The minimum atomic E-state index is -3.43. The Morgan fingerprint density at radius 1 is 1.35 bits per heavy atom. The zero-order valence-electron chi connectivity index (χ0n) is 13.0. The van der Waals surface area contributed by atoms with Crippen LogP contribution in [0, 0.1) is 11.8 Å². The maximum absolute atomic E-state index is 12.8. The smallest absolute Gasteiger partial charge is 0.310 e. The van der Waals surface area contributed by atoms with Crippen molar-refractivity contribution in [3.05, 3.63) is 0 Å². The fourth-order valence-electron chi connectivity index (χ4n) is 2.78. The lowest BCUT2D eigenvalue weighted by Crippen LogP contribution is -2.44. The van der Waals surface area contributed by atoms with Crippen LogP contribution in [0.15, 0.2) is 0 Å². The summed E-state index contributed by atoms with van der Waals surface area (Å²) in [4.78, 5) is 11.8. The number of carbonyl (C=O) groups is 1. The van der Waals surface area contributed by atoms with E-state index < -0.39 is 27.2 Å². The molecule has 118 valence electrons. The average molecular weight is 305 g/mol. The van der Waals surface area contributed by atoms with Crippen LogP contribution in [0.4, 0.5) is 0 Å². The van der Waals surface area contributed by atoms with Crippen molar-refractivity contribution in [3.63, 3.8) is 0 Å². The standard InChI is InChI=1S/C14H27NO4S/c1-5-11(3)10-15(6-2)20(17,18)13-9-7-8-12(13)14(16)19-4/h11-13H,5-10H2,1-4H3. The minimum Gasteiger partial charge on any atom is -0.469 e. The Morgan fingerprint density at radius 2 is 2.00 bits per heavy atom. The van der Waals surface area contributed by atoms with Crippen molar-refractivity contribution >= 4 is 16.0 Å². The highest BCUT2D eigenvalue weighted by Crippen LogP contribution is 2.34. The first kappa shape index (κ1) is 17.4. The SMILES string of the molecule is CCC(C)CN(CC)S(=O)(=O)C1CCCC1C(=O)OC. The van der Waals surface area contributed by atoms with E-state index in [1.54, 1.807) is 0 Å². The van der Waals surface area contributed by atoms with E-state index in [-0.39, 0.29) is 0 Å². The summed E-state index contributed by atoms with van der Waals surface area (Å²) in [6.07, 6.45) is 2.87. The van der Waals surface area contributed by atoms with Crippen molar-refractivity contribution in [1.82, 2.24) is 4.31 Å². The molecule has 1 rings (SSSR count). The lowest BCUT2D eigenvalue weighted by molar-refractivity contribution is -0.145. The Bertz CT molecular complexity index is 421. The Labute approximate surface area is 122 Å². The molecule has 0 N–H and O–H groups in total. The molecular weight excluding hydrogens is 278 g/mol. The molecule has 3 atom stereocenters. The number of rotatable bonds is 7. The van der Waals surface area contributed by atoms with Gasteiger partial charge in [0.25, 0.3) is 0 Å². The van der Waals surface area contributed by atoms with Crippen molar-refractivity contribution in [2.24, 2.45) is 11.8 Å². The van der Waals surface area contributed by atoms with Gasteiger partial charge in [-0.2, -0.15) is 0 Å². The Hall–Kier alpha value is -0.620. The third-order valence-corrected chi connectivity index (χ3v) is 6.72. The highest BCUT2D eigenvalue weighted by molar-refractivity contribution is 7.89. The molecule has 1 fully saturated rings. The summed E-state index contributed by atoms with van der Waals surface area (Å²) in [7, 11) is -2.11. The van der Waals surface area contributed by atoms with Gasteiger partial charge in [0, 0.05) is 13.1 Å². The van der Waals surface area contributed by atoms with E-state index in [0.717, 1.165) is 12.8 Å². The summed E-state index contributed by atoms with van der Waals surface area (Å²) in [6, 6.07) is 0. The van der Waals surface area contributed by atoms with Crippen LogP contribution >= 0.6 is 0 Å². The predicted octanol–water partition coefficient (Wildman–Crippen LogP) is 2.03. The first-order chi connectivity index (χ1) is 9.38. The van der Waals surface area contributed by atoms with Crippen molar-refractivity contribution in [3.8, 4) is 0 Å². The highest BCUT2D eigenvalue weighted by Gasteiger charge is 2.44. The summed E-state index contributed by atoms with van der Waals surface area (Å²) >= 11 is 0. The van der Waals surface area contributed by atoms with E-state index in [0.29, 0.717) is 31.8 Å². The van der Waals surface area contributed by atoms with E-state index >= 15 is 0 Å². The summed E-state index contributed by atoms with van der Waals surface area (Å²) in [5.74, 6) is -0.575. The van der Waals surface area contributed by atoms with Crippen LogP contribution < -0.4 is 0 Å². The Morgan fingerprint density at radius 3 is 2.50 bits per heavy atom. The van der Waals surface area contributed by atoms with Crippen LogP contribution in [0.5, 0.6) is 0 Å². The molecule has 0 aromatic heterocycles. The summed E-state index contributed by atoms with van der Waals surface area (Å²) in [5.41, 5.74) is 0. The molecule has 0 saturated heterocycles. The van der Waals surface area contributed by atoms with Gasteiger partial charge in [-0.3, -0.25) is 4.79 Å². The van der Waals surface area contributed by atoms with Crippen molar-refractivity contribution < 1.29 is 17.9 Å². The first-order valence-corrected chi connectivity index (χ1v) is 8.95. The minimum absolute atomic E-state index is 0.322. The second-order valence-electron chi connectivity index (χ2n) is 5.61. The lowest BCUT2D eigenvalue weighted by atomic mass is 10.1. The predicted molar refractivity (Wildman–Crippen MR) is 78.8 cm³/mol. The number of methoxy groups -OCH3 is 1. The number of hydrogen-bond donors (Lipinski definition) is 0. The Kier molecular flexibility index (Phi) is 6.45. The zero-order chi connectivity index (χ0) is 15.3. The van der Waals surface area contributed by atoms with Gasteiger partial charge in [-0.05, 0) is 18.8 Å².